The number of nitrogens with one attached hydrogen (secondary N) is 2. The molecule has 1 aromatic carbocycles. The van der Waals surface area contributed by atoms with Gasteiger partial charge in [-0.1, -0.05) is 18.5 Å². The third kappa shape index (κ3) is 4.40. The maximum absolute atomic E-state index is 12.8. The average Bonchev–Trinajstić information content (AvgIpc) is 2.22. The quantitative estimate of drug-likeness (QED) is 0.645. The van der Waals surface area contributed by atoms with Crippen LogP contribution in [0, 0.1) is 11.7 Å². The van der Waals surface area contributed by atoms with E-state index in [4.69, 9.17) is 11.6 Å². The van der Waals surface area contributed by atoms with Crippen molar-refractivity contribution in [1.82, 2.24) is 5.43 Å². The van der Waals surface area contributed by atoms with Crippen LogP contribution in [0.3, 0.4) is 0 Å². The Bertz CT molecular complexity index is 381. The zero-order valence-electron chi connectivity index (χ0n) is 8.91. The summed E-state index contributed by atoms with van der Waals surface area (Å²) in [7, 11) is 0. The summed E-state index contributed by atoms with van der Waals surface area (Å²) in [6.07, 6.45) is -4.24. The standard InChI is InChI=1S/C10H11ClF4N2/c1-6(10(13,14)15)5-16-17-7-2-3-9(12)8(11)4-7/h2-4,6,16-17H,5H2,1H3. The van der Waals surface area contributed by atoms with Crippen molar-refractivity contribution in [3.8, 4) is 0 Å². The third-order valence-electron chi connectivity index (χ3n) is 2.12. The van der Waals surface area contributed by atoms with Crippen molar-refractivity contribution in [2.24, 2.45) is 5.92 Å². The van der Waals surface area contributed by atoms with Crippen molar-refractivity contribution >= 4 is 17.3 Å². The van der Waals surface area contributed by atoms with Crippen molar-refractivity contribution in [1.29, 1.82) is 0 Å². The Kier molecular flexibility index (Phi) is 4.59. The summed E-state index contributed by atoms with van der Waals surface area (Å²) >= 11 is 5.51. The predicted octanol–water partition coefficient (Wildman–Crippen LogP) is 3.59. The molecule has 0 amide bonds. The van der Waals surface area contributed by atoms with Crippen LogP contribution in [-0.2, 0) is 0 Å². The molecule has 0 spiro atoms. The van der Waals surface area contributed by atoms with Gasteiger partial charge in [-0.05, 0) is 18.2 Å². The van der Waals surface area contributed by atoms with E-state index < -0.39 is 17.9 Å². The predicted molar refractivity (Wildman–Crippen MR) is 58.3 cm³/mol. The van der Waals surface area contributed by atoms with Crippen molar-refractivity contribution < 1.29 is 17.6 Å². The van der Waals surface area contributed by atoms with E-state index >= 15 is 0 Å². The monoisotopic (exact) mass is 270 g/mol. The van der Waals surface area contributed by atoms with Crippen LogP contribution in [0.1, 0.15) is 6.92 Å². The van der Waals surface area contributed by atoms with Gasteiger partial charge < -0.3 is 5.43 Å². The molecule has 0 bridgehead atoms. The molecule has 0 aliphatic heterocycles. The van der Waals surface area contributed by atoms with E-state index in [1.165, 1.54) is 12.1 Å². The molecule has 96 valence electrons. The van der Waals surface area contributed by atoms with E-state index in [1.54, 1.807) is 0 Å². The van der Waals surface area contributed by atoms with Gasteiger partial charge in [0, 0.05) is 6.54 Å². The number of benzene rings is 1. The topological polar surface area (TPSA) is 24.1 Å². The van der Waals surface area contributed by atoms with E-state index in [0.29, 0.717) is 5.69 Å². The lowest BCUT2D eigenvalue weighted by molar-refractivity contribution is -0.167. The fraction of sp³-hybridized carbons (Fsp3) is 0.400. The van der Waals surface area contributed by atoms with Gasteiger partial charge in [0.15, 0.2) is 0 Å². The summed E-state index contributed by atoms with van der Waals surface area (Å²) in [6.45, 7) is 0.769. The molecule has 0 radical (unpaired) electrons. The zero-order chi connectivity index (χ0) is 13.1. The lowest BCUT2D eigenvalue weighted by Gasteiger charge is -2.17. The average molecular weight is 271 g/mol. The highest BCUT2D eigenvalue weighted by Crippen LogP contribution is 2.25. The molecule has 17 heavy (non-hydrogen) atoms. The fourth-order valence-corrected chi connectivity index (χ4v) is 1.18. The minimum Gasteiger partial charge on any atom is -0.321 e. The van der Waals surface area contributed by atoms with E-state index in [1.807, 2.05) is 0 Å². The fourth-order valence-electron chi connectivity index (χ4n) is 0.996. The molecule has 0 aromatic heterocycles. The summed E-state index contributed by atoms with van der Waals surface area (Å²) in [4.78, 5) is 0. The van der Waals surface area contributed by atoms with Crippen LogP contribution < -0.4 is 10.9 Å². The molecule has 1 aromatic rings. The van der Waals surface area contributed by atoms with Crippen LogP contribution in [0.25, 0.3) is 0 Å². The summed E-state index contributed by atoms with van der Waals surface area (Å²) in [5.41, 5.74) is 5.31. The molecule has 2 nitrogen and oxygen atoms in total. The maximum Gasteiger partial charge on any atom is 0.392 e. The summed E-state index contributed by atoms with van der Waals surface area (Å²) in [5.74, 6) is -2.06. The molecule has 0 aliphatic carbocycles. The Balaban J connectivity index is 2.44. The van der Waals surface area contributed by atoms with Crippen molar-refractivity contribution in [3.05, 3.63) is 29.0 Å². The van der Waals surface area contributed by atoms with Crippen LogP contribution in [0.2, 0.25) is 5.02 Å². The summed E-state index contributed by atoms with van der Waals surface area (Å²) in [5, 5.41) is -0.0966. The number of halogens is 5. The Labute approximate surface area is 101 Å². The molecule has 0 saturated carbocycles. The van der Waals surface area contributed by atoms with Crippen LogP contribution in [0.4, 0.5) is 23.2 Å². The van der Waals surface area contributed by atoms with Crippen LogP contribution in [-0.4, -0.2) is 12.7 Å². The minimum atomic E-state index is -4.24. The number of alkyl halides is 3. The van der Waals surface area contributed by atoms with Gasteiger partial charge in [-0.15, -0.1) is 0 Å². The van der Waals surface area contributed by atoms with Gasteiger partial charge in [0.2, 0.25) is 0 Å². The van der Waals surface area contributed by atoms with Crippen molar-refractivity contribution in [2.75, 3.05) is 12.0 Å². The molecule has 7 heteroatoms. The van der Waals surface area contributed by atoms with Crippen LogP contribution >= 0.6 is 11.6 Å². The van der Waals surface area contributed by atoms with Gasteiger partial charge in [0.05, 0.1) is 16.6 Å². The first-order valence-corrected chi connectivity index (χ1v) is 5.19. The SMILES string of the molecule is CC(CNNc1ccc(F)c(Cl)c1)C(F)(F)F. The first-order valence-electron chi connectivity index (χ1n) is 4.81. The molecule has 0 fully saturated rings. The molecular weight excluding hydrogens is 260 g/mol. The van der Waals surface area contributed by atoms with Crippen molar-refractivity contribution in [3.63, 3.8) is 0 Å². The van der Waals surface area contributed by atoms with Gasteiger partial charge in [-0.25, -0.2) is 9.82 Å². The van der Waals surface area contributed by atoms with Gasteiger partial charge in [-0.3, -0.25) is 0 Å². The maximum atomic E-state index is 12.8. The van der Waals surface area contributed by atoms with E-state index in [9.17, 15) is 17.6 Å². The first-order chi connectivity index (χ1) is 7.80. The summed E-state index contributed by atoms with van der Waals surface area (Å²) < 4.78 is 49.2. The first kappa shape index (κ1) is 14.1. The highest BCUT2D eigenvalue weighted by atomic mass is 35.5. The number of hydrogen-bond acceptors (Lipinski definition) is 2. The summed E-state index contributed by atoms with van der Waals surface area (Å²) in [6, 6.07) is 3.77. The van der Waals surface area contributed by atoms with Gasteiger partial charge >= 0.3 is 6.18 Å². The Hall–Kier alpha value is -1.01. The number of hydrazine groups is 1. The number of rotatable bonds is 4. The molecule has 2 N–H and O–H groups in total. The molecule has 1 rings (SSSR count). The van der Waals surface area contributed by atoms with Gasteiger partial charge in [0.25, 0.3) is 0 Å². The lowest BCUT2D eigenvalue weighted by atomic mass is 10.2. The number of hydrogen-bond donors (Lipinski definition) is 2. The van der Waals surface area contributed by atoms with E-state index in [0.717, 1.165) is 13.0 Å². The molecule has 1 atom stereocenters. The molecular formula is C10H11ClF4N2. The largest absolute Gasteiger partial charge is 0.392 e. The molecule has 0 aliphatic rings. The normalized spacial score (nSPS) is 13.5. The Morgan fingerprint density at radius 3 is 2.53 bits per heavy atom. The highest BCUT2D eigenvalue weighted by Gasteiger charge is 2.35. The minimum absolute atomic E-state index is 0.0966. The van der Waals surface area contributed by atoms with E-state index in [2.05, 4.69) is 10.9 Å². The number of anilines is 1. The second kappa shape index (κ2) is 5.55. The molecule has 0 saturated heterocycles. The zero-order valence-corrected chi connectivity index (χ0v) is 9.66. The van der Waals surface area contributed by atoms with Crippen LogP contribution in [0.5, 0.6) is 0 Å². The van der Waals surface area contributed by atoms with Crippen LogP contribution in [0.15, 0.2) is 18.2 Å². The van der Waals surface area contributed by atoms with E-state index in [-0.39, 0.29) is 11.6 Å². The highest BCUT2D eigenvalue weighted by molar-refractivity contribution is 6.31. The Morgan fingerprint density at radius 1 is 1.35 bits per heavy atom. The second-order valence-electron chi connectivity index (χ2n) is 3.58. The molecule has 1 unspecified atom stereocenters. The van der Waals surface area contributed by atoms with Crippen molar-refractivity contribution in [2.45, 2.75) is 13.1 Å². The Morgan fingerprint density at radius 2 is 2.00 bits per heavy atom. The van der Waals surface area contributed by atoms with Gasteiger partial charge in [0.1, 0.15) is 5.82 Å². The van der Waals surface area contributed by atoms with Gasteiger partial charge in [-0.2, -0.15) is 13.2 Å². The molecule has 0 heterocycles. The second-order valence-corrected chi connectivity index (χ2v) is 3.98. The smallest absolute Gasteiger partial charge is 0.321 e. The third-order valence-corrected chi connectivity index (χ3v) is 2.41. The lowest BCUT2D eigenvalue weighted by Crippen LogP contribution is -2.34.